The van der Waals surface area contributed by atoms with E-state index in [0.29, 0.717) is 11.4 Å². The molecular formula is C16H16ClN3. The molecule has 0 bridgehead atoms. The first-order valence-corrected chi connectivity index (χ1v) is 6.84. The number of aromatic nitrogens is 1. The summed E-state index contributed by atoms with van der Waals surface area (Å²) < 4.78 is 0. The lowest BCUT2D eigenvalue weighted by Gasteiger charge is -2.10. The van der Waals surface area contributed by atoms with E-state index in [-0.39, 0.29) is 0 Å². The van der Waals surface area contributed by atoms with Crippen LogP contribution in [0.3, 0.4) is 0 Å². The summed E-state index contributed by atoms with van der Waals surface area (Å²) in [5, 5.41) is 13.2. The van der Waals surface area contributed by atoms with E-state index in [9.17, 15) is 5.26 Å². The van der Waals surface area contributed by atoms with Crippen LogP contribution in [0.1, 0.15) is 22.4 Å². The number of hydrogen-bond acceptors (Lipinski definition) is 3. The van der Waals surface area contributed by atoms with Crippen LogP contribution < -0.4 is 5.32 Å². The molecule has 0 aliphatic carbocycles. The van der Waals surface area contributed by atoms with Crippen LogP contribution in [-0.4, -0.2) is 11.5 Å². The summed E-state index contributed by atoms with van der Waals surface area (Å²) in [7, 11) is 0. The molecule has 3 nitrogen and oxygen atoms in total. The van der Waals surface area contributed by atoms with Crippen molar-refractivity contribution in [1.82, 2.24) is 4.98 Å². The summed E-state index contributed by atoms with van der Waals surface area (Å²) >= 11 is 5.85. The molecule has 2 rings (SSSR count). The quantitative estimate of drug-likeness (QED) is 0.927. The zero-order valence-electron chi connectivity index (χ0n) is 11.6. The minimum atomic E-state index is 0.617. The molecule has 1 heterocycles. The molecule has 1 aromatic heterocycles. The third-order valence-corrected chi connectivity index (χ3v) is 3.33. The number of benzene rings is 1. The van der Waals surface area contributed by atoms with Crippen LogP contribution in [0.25, 0.3) is 0 Å². The van der Waals surface area contributed by atoms with Crippen molar-refractivity contribution in [2.45, 2.75) is 20.3 Å². The lowest BCUT2D eigenvalue weighted by Crippen LogP contribution is -2.09. The summed E-state index contributed by atoms with van der Waals surface area (Å²) in [4.78, 5) is 4.40. The first-order chi connectivity index (χ1) is 9.60. The van der Waals surface area contributed by atoms with Gasteiger partial charge in [0.25, 0.3) is 0 Å². The fourth-order valence-electron chi connectivity index (χ4n) is 2.08. The standard InChI is InChI=1S/C16H16ClN3/c1-11-9-12(2)20-16(15(11)10-18)19-8-7-13-3-5-14(17)6-4-13/h3-6,9H,7-8H2,1-2H3,(H,19,20). The van der Waals surface area contributed by atoms with Gasteiger partial charge in [-0.05, 0) is 49.6 Å². The summed E-state index contributed by atoms with van der Waals surface area (Å²) in [5.74, 6) is 0.666. The van der Waals surface area contributed by atoms with Gasteiger partial charge in [-0.1, -0.05) is 23.7 Å². The molecule has 0 saturated heterocycles. The van der Waals surface area contributed by atoms with Crippen molar-refractivity contribution < 1.29 is 0 Å². The van der Waals surface area contributed by atoms with Crippen LogP contribution in [0.4, 0.5) is 5.82 Å². The molecule has 0 amide bonds. The third-order valence-electron chi connectivity index (χ3n) is 3.08. The van der Waals surface area contributed by atoms with Gasteiger partial charge in [-0.3, -0.25) is 0 Å². The maximum Gasteiger partial charge on any atom is 0.144 e. The number of nitriles is 1. The van der Waals surface area contributed by atoms with Crippen LogP contribution in [0.15, 0.2) is 30.3 Å². The molecule has 102 valence electrons. The number of nitrogens with one attached hydrogen (secondary N) is 1. The molecule has 0 saturated carbocycles. The van der Waals surface area contributed by atoms with Gasteiger partial charge in [-0.2, -0.15) is 5.26 Å². The highest BCUT2D eigenvalue weighted by molar-refractivity contribution is 6.30. The zero-order valence-corrected chi connectivity index (χ0v) is 12.3. The number of hydrogen-bond donors (Lipinski definition) is 1. The maximum absolute atomic E-state index is 9.19. The van der Waals surface area contributed by atoms with Crippen molar-refractivity contribution in [3.63, 3.8) is 0 Å². The average Bonchev–Trinajstić information content (AvgIpc) is 2.40. The van der Waals surface area contributed by atoms with Gasteiger partial charge < -0.3 is 5.32 Å². The number of halogens is 1. The van der Waals surface area contributed by atoms with Gasteiger partial charge in [0, 0.05) is 17.3 Å². The molecule has 0 unspecified atom stereocenters. The van der Waals surface area contributed by atoms with Crippen molar-refractivity contribution >= 4 is 17.4 Å². The first kappa shape index (κ1) is 14.4. The molecule has 0 aliphatic heterocycles. The smallest absolute Gasteiger partial charge is 0.144 e. The summed E-state index contributed by atoms with van der Waals surface area (Å²) in [6, 6.07) is 11.9. The molecule has 0 fully saturated rings. The van der Waals surface area contributed by atoms with Crippen molar-refractivity contribution in [2.75, 3.05) is 11.9 Å². The van der Waals surface area contributed by atoms with Crippen LogP contribution in [0.5, 0.6) is 0 Å². The molecule has 0 aliphatic rings. The Bertz CT molecular complexity index is 642. The SMILES string of the molecule is Cc1cc(C)c(C#N)c(NCCc2ccc(Cl)cc2)n1. The van der Waals surface area contributed by atoms with E-state index >= 15 is 0 Å². The Kier molecular flexibility index (Phi) is 4.60. The normalized spacial score (nSPS) is 10.1. The van der Waals surface area contributed by atoms with Crippen LogP contribution in [-0.2, 0) is 6.42 Å². The van der Waals surface area contributed by atoms with E-state index in [1.165, 1.54) is 5.56 Å². The molecule has 0 atom stereocenters. The predicted molar refractivity (Wildman–Crippen MR) is 82.1 cm³/mol. The fraction of sp³-hybridized carbons (Fsp3) is 0.250. The van der Waals surface area contributed by atoms with Gasteiger partial charge in [-0.15, -0.1) is 0 Å². The number of nitrogens with zero attached hydrogens (tertiary/aromatic N) is 2. The van der Waals surface area contributed by atoms with Gasteiger partial charge >= 0.3 is 0 Å². The first-order valence-electron chi connectivity index (χ1n) is 6.47. The van der Waals surface area contributed by atoms with Crippen LogP contribution >= 0.6 is 11.6 Å². The Morgan fingerprint density at radius 3 is 2.60 bits per heavy atom. The molecule has 2 aromatic rings. The highest BCUT2D eigenvalue weighted by Crippen LogP contribution is 2.17. The minimum Gasteiger partial charge on any atom is -0.369 e. The monoisotopic (exact) mass is 285 g/mol. The largest absolute Gasteiger partial charge is 0.369 e. The topological polar surface area (TPSA) is 48.7 Å². The second-order valence-corrected chi connectivity index (χ2v) is 5.16. The molecule has 4 heteroatoms. The average molecular weight is 286 g/mol. The molecule has 0 spiro atoms. The fourth-order valence-corrected chi connectivity index (χ4v) is 2.21. The third kappa shape index (κ3) is 3.49. The number of pyridine rings is 1. The molecule has 20 heavy (non-hydrogen) atoms. The molecular weight excluding hydrogens is 270 g/mol. The zero-order chi connectivity index (χ0) is 14.5. The summed E-state index contributed by atoms with van der Waals surface area (Å²) in [6.45, 7) is 4.59. The summed E-state index contributed by atoms with van der Waals surface area (Å²) in [5.41, 5.74) is 3.68. The van der Waals surface area contributed by atoms with Gasteiger partial charge in [0.1, 0.15) is 11.9 Å². The highest BCUT2D eigenvalue weighted by atomic mass is 35.5. The Morgan fingerprint density at radius 2 is 1.95 bits per heavy atom. The van der Waals surface area contributed by atoms with E-state index in [2.05, 4.69) is 16.4 Å². The van der Waals surface area contributed by atoms with E-state index in [0.717, 1.165) is 29.2 Å². The van der Waals surface area contributed by atoms with Gasteiger partial charge in [0.05, 0.1) is 5.56 Å². The lowest BCUT2D eigenvalue weighted by atomic mass is 10.1. The van der Waals surface area contributed by atoms with Gasteiger partial charge in [-0.25, -0.2) is 4.98 Å². The summed E-state index contributed by atoms with van der Waals surface area (Å²) in [6.07, 6.45) is 0.858. The number of aryl methyl sites for hydroxylation is 2. The van der Waals surface area contributed by atoms with Gasteiger partial charge in [0.2, 0.25) is 0 Å². The van der Waals surface area contributed by atoms with E-state index in [4.69, 9.17) is 11.6 Å². The second kappa shape index (κ2) is 6.40. The van der Waals surface area contributed by atoms with Crippen molar-refractivity contribution in [3.8, 4) is 6.07 Å². The Hall–Kier alpha value is -2.05. The van der Waals surface area contributed by atoms with Crippen LogP contribution in [0.2, 0.25) is 5.02 Å². The van der Waals surface area contributed by atoms with E-state index in [1.54, 1.807) is 0 Å². The van der Waals surface area contributed by atoms with E-state index < -0.39 is 0 Å². The van der Waals surface area contributed by atoms with Crippen molar-refractivity contribution in [1.29, 1.82) is 5.26 Å². The van der Waals surface area contributed by atoms with Crippen molar-refractivity contribution in [3.05, 3.63) is 57.7 Å². The molecule has 0 radical (unpaired) electrons. The number of rotatable bonds is 4. The highest BCUT2D eigenvalue weighted by Gasteiger charge is 2.07. The van der Waals surface area contributed by atoms with E-state index in [1.807, 2.05) is 44.2 Å². The lowest BCUT2D eigenvalue weighted by molar-refractivity contribution is 0.996. The molecule has 1 aromatic carbocycles. The Labute approximate surface area is 124 Å². The molecule has 1 N–H and O–H groups in total. The van der Waals surface area contributed by atoms with Crippen molar-refractivity contribution in [2.24, 2.45) is 0 Å². The van der Waals surface area contributed by atoms with Crippen LogP contribution in [0, 0.1) is 25.2 Å². The van der Waals surface area contributed by atoms with Gasteiger partial charge in [0.15, 0.2) is 0 Å². The minimum absolute atomic E-state index is 0.617. The second-order valence-electron chi connectivity index (χ2n) is 4.72. The predicted octanol–water partition coefficient (Wildman–Crippen LogP) is 3.88. The Balaban J connectivity index is 2.04. The number of anilines is 1. The maximum atomic E-state index is 9.19. The Morgan fingerprint density at radius 1 is 1.25 bits per heavy atom.